The van der Waals surface area contributed by atoms with Gasteiger partial charge in [0, 0.05) is 0 Å². The molecule has 1 atom stereocenters. The Hall–Kier alpha value is -3.00. The van der Waals surface area contributed by atoms with Gasteiger partial charge in [0.2, 0.25) is 11.2 Å². The second kappa shape index (κ2) is 6.48. The van der Waals surface area contributed by atoms with Crippen molar-refractivity contribution in [2.75, 3.05) is 19.1 Å². The number of ether oxygens (including phenoxy) is 3. The summed E-state index contributed by atoms with van der Waals surface area (Å²) in [7, 11) is 1.60. The third kappa shape index (κ3) is 3.03. The summed E-state index contributed by atoms with van der Waals surface area (Å²) in [5, 5.41) is 0.560. The quantitative estimate of drug-likeness (QED) is 0.699. The molecule has 128 valence electrons. The zero-order valence-electron chi connectivity index (χ0n) is 13.3. The van der Waals surface area contributed by atoms with Crippen molar-refractivity contribution in [3.63, 3.8) is 0 Å². The van der Waals surface area contributed by atoms with Crippen LogP contribution in [0, 0.1) is 0 Å². The maximum absolute atomic E-state index is 12.3. The van der Waals surface area contributed by atoms with Gasteiger partial charge in [0.05, 0.1) is 11.8 Å². The van der Waals surface area contributed by atoms with Crippen molar-refractivity contribution < 1.29 is 19.0 Å². The molecule has 0 bridgehead atoms. The molecule has 1 aliphatic heterocycles. The Kier molecular flexibility index (Phi) is 4.02. The minimum absolute atomic E-state index is 0.151. The van der Waals surface area contributed by atoms with Crippen molar-refractivity contribution in [1.82, 2.24) is 10.4 Å². The first-order chi connectivity index (χ1) is 12.2. The van der Waals surface area contributed by atoms with Crippen LogP contribution in [0.1, 0.15) is 0 Å². The number of benzene rings is 2. The molecule has 3 aromatic rings. The molecule has 1 aliphatic rings. The van der Waals surface area contributed by atoms with Crippen LogP contribution < -0.4 is 25.1 Å². The first-order valence-corrected chi connectivity index (χ1v) is 8.44. The van der Waals surface area contributed by atoms with E-state index in [9.17, 15) is 4.79 Å². The van der Waals surface area contributed by atoms with Crippen LogP contribution in [0.2, 0.25) is 0 Å². The number of para-hydroxylation sites is 3. The van der Waals surface area contributed by atoms with E-state index in [1.165, 1.54) is 11.3 Å². The molecule has 8 heteroatoms. The average molecular weight is 357 g/mol. The molecule has 4 rings (SSSR count). The average Bonchev–Trinajstić information content (AvgIpc) is 3.08. The third-order valence-corrected chi connectivity index (χ3v) is 4.63. The number of thiazole rings is 1. The van der Waals surface area contributed by atoms with E-state index < -0.39 is 6.10 Å². The Morgan fingerprint density at radius 2 is 2.08 bits per heavy atom. The minimum atomic E-state index is -0.730. The topological polar surface area (TPSA) is 81.7 Å². The molecule has 2 N–H and O–H groups in total. The van der Waals surface area contributed by atoms with Gasteiger partial charge in [0.15, 0.2) is 11.5 Å². The number of aromatic nitrogens is 1. The van der Waals surface area contributed by atoms with E-state index in [4.69, 9.17) is 14.2 Å². The smallest absolute Gasteiger partial charge is 0.283 e. The number of carbonyl (C=O) groups is 1. The molecular formula is C17H15N3O4S. The predicted octanol–water partition coefficient (Wildman–Crippen LogP) is 2.59. The number of hydrogen-bond donors (Lipinski definition) is 2. The lowest BCUT2D eigenvalue weighted by molar-refractivity contribution is -0.129. The normalized spacial score (nSPS) is 15.6. The lowest BCUT2D eigenvalue weighted by Crippen LogP contribution is -2.45. The van der Waals surface area contributed by atoms with Gasteiger partial charge in [0.1, 0.15) is 17.9 Å². The number of anilines is 1. The van der Waals surface area contributed by atoms with Crippen LogP contribution in [0.25, 0.3) is 10.2 Å². The molecule has 0 saturated heterocycles. The number of hydrazine groups is 1. The number of amides is 1. The fraction of sp³-hybridized carbons (Fsp3) is 0.176. The molecule has 1 amide bonds. The number of hydrogen-bond acceptors (Lipinski definition) is 7. The highest BCUT2D eigenvalue weighted by molar-refractivity contribution is 7.22. The molecule has 25 heavy (non-hydrogen) atoms. The van der Waals surface area contributed by atoms with Crippen molar-refractivity contribution >= 4 is 32.6 Å². The zero-order valence-corrected chi connectivity index (χ0v) is 14.1. The van der Waals surface area contributed by atoms with Crippen molar-refractivity contribution in [3.8, 4) is 17.2 Å². The zero-order chi connectivity index (χ0) is 17.2. The first-order valence-electron chi connectivity index (χ1n) is 7.62. The summed E-state index contributed by atoms with van der Waals surface area (Å²) in [5.41, 5.74) is 6.18. The Morgan fingerprint density at radius 1 is 1.24 bits per heavy atom. The van der Waals surface area contributed by atoms with Crippen LogP contribution in [0.4, 0.5) is 5.13 Å². The fourth-order valence-corrected chi connectivity index (χ4v) is 3.32. The van der Waals surface area contributed by atoms with Crippen molar-refractivity contribution in [2.24, 2.45) is 0 Å². The van der Waals surface area contributed by atoms with Crippen molar-refractivity contribution in [2.45, 2.75) is 6.10 Å². The van der Waals surface area contributed by atoms with Gasteiger partial charge in [-0.2, -0.15) is 0 Å². The maximum atomic E-state index is 12.3. The second-order valence-electron chi connectivity index (χ2n) is 5.30. The summed E-state index contributed by atoms with van der Waals surface area (Å²) in [6, 6.07) is 12.9. The summed E-state index contributed by atoms with van der Waals surface area (Å²) in [6.07, 6.45) is -0.730. The van der Waals surface area contributed by atoms with E-state index in [0.717, 1.165) is 10.2 Å². The Balaban J connectivity index is 1.42. The maximum Gasteiger partial charge on any atom is 0.283 e. The molecular weight excluding hydrogens is 342 g/mol. The van der Waals surface area contributed by atoms with Gasteiger partial charge >= 0.3 is 0 Å². The summed E-state index contributed by atoms with van der Waals surface area (Å²) in [6.45, 7) is 0.151. The highest BCUT2D eigenvalue weighted by Crippen LogP contribution is 2.32. The van der Waals surface area contributed by atoms with Gasteiger partial charge in [-0.15, -0.1) is 0 Å². The molecule has 0 unspecified atom stereocenters. The number of nitrogens with one attached hydrogen (secondary N) is 2. The molecule has 0 saturated carbocycles. The van der Waals surface area contributed by atoms with E-state index in [1.54, 1.807) is 19.2 Å². The van der Waals surface area contributed by atoms with Crippen LogP contribution in [-0.2, 0) is 4.79 Å². The lowest BCUT2D eigenvalue weighted by Gasteiger charge is -2.25. The first kappa shape index (κ1) is 15.5. The molecule has 2 heterocycles. The van der Waals surface area contributed by atoms with Gasteiger partial charge < -0.3 is 14.2 Å². The number of fused-ring (bicyclic) bond motifs is 2. The van der Waals surface area contributed by atoms with E-state index in [-0.39, 0.29) is 12.5 Å². The fourth-order valence-electron chi connectivity index (χ4n) is 2.49. The van der Waals surface area contributed by atoms with Gasteiger partial charge in [-0.25, -0.2) is 4.98 Å². The molecule has 7 nitrogen and oxygen atoms in total. The lowest BCUT2D eigenvalue weighted by atomic mass is 10.2. The van der Waals surface area contributed by atoms with Gasteiger partial charge in [-0.1, -0.05) is 29.5 Å². The van der Waals surface area contributed by atoms with Crippen LogP contribution in [-0.4, -0.2) is 30.7 Å². The number of methoxy groups -OCH3 is 1. The second-order valence-corrected chi connectivity index (χ2v) is 6.34. The highest BCUT2D eigenvalue weighted by Gasteiger charge is 2.27. The SMILES string of the molecule is COc1cccc2sc(NNC(=O)[C@H]3COc4ccccc4O3)nc12. The van der Waals surface area contributed by atoms with E-state index >= 15 is 0 Å². The standard InChI is InChI=1S/C17H15N3O4S/c1-22-12-7-4-8-14-15(12)18-17(25-14)20-19-16(21)13-9-23-10-5-2-3-6-11(10)24-13/h2-8,13H,9H2,1H3,(H,18,20)(H,19,21)/t13-/m1/s1. The number of carbonyl (C=O) groups excluding carboxylic acids is 1. The number of nitrogens with zero attached hydrogens (tertiary/aromatic N) is 1. The highest BCUT2D eigenvalue weighted by atomic mass is 32.1. The van der Waals surface area contributed by atoms with Crippen LogP contribution in [0.5, 0.6) is 17.2 Å². The summed E-state index contributed by atoms with van der Waals surface area (Å²) in [5.74, 6) is 1.55. The number of rotatable bonds is 4. The molecule has 0 fully saturated rings. The minimum Gasteiger partial charge on any atom is -0.494 e. The molecule has 0 aliphatic carbocycles. The largest absolute Gasteiger partial charge is 0.494 e. The molecule has 1 aromatic heterocycles. The molecule has 0 spiro atoms. The molecule has 0 radical (unpaired) electrons. The predicted molar refractivity (Wildman–Crippen MR) is 94.3 cm³/mol. The van der Waals surface area contributed by atoms with E-state index in [0.29, 0.717) is 22.4 Å². The van der Waals surface area contributed by atoms with Gasteiger partial charge in [-0.05, 0) is 24.3 Å². The van der Waals surface area contributed by atoms with Crippen LogP contribution in [0.15, 0.2) is 42.5 Å². The summed E-state index contributed by atoms with van der Waals surface area (Å²) >= 11 is 1.42. The Bertz CT molecular complexity index is 927. The van der Waals surface area contributed by atoms with Crippen LogP contribution in [0.3, 0.4) is 0 Å². The van der Waals surface area contributed by atoms with Crippen LogP contribution >= 0.6 is 11.3 Å². The summed E-state index contributed by atoms with van der Waals surface area (Å²) in [4.78, 5) is 16.7. The monoisotopic (exact) mass is 357 g/mol. The van der Waals surface area contributed by atoms with E-state index in [2.05, 4.69) is 15.8 Å². The summed E-state index contributed by atoms with van der Waals surface area (Å²) < 4.78 is 17.5. The van der Waals surface area contributed by atoms with Crippen molar-refractivity contribution in [1.29, 1.82) is 0 Å². The third-order valence-electron chi connectivity index (χ3n) is 3.70. The Labute approximate surface area is 147 Å². The Morgan fingerprint density at radius 3 is 2.92 bits per heavy atom. The van der Waals surface area contributed by atoms with Gasteiger partial charge in [0.25, 0.3) is 5.91 Å². The molecule has 2 aromatic carbocycles. The van der Waals surface area contributed by atoms with Gasteiger partial charge in [-0.3, -0.25) is 15.6 Å². The van der Waals surface area contributed by atoms with Crippen molar-refractivity contribution in [3.05, 3.63) is 42.5 Å². The van der Waals surface area contributed by atoms with E-state index in [1.807, 2.05) is 30.3 Å².